The number of anilines is 1. The molecule has 3 saturated heterocycles. The molecule has 2 bridgehead atoms. The van der Waals surface area contributed by atoms with Crippen LogP contribution in [0, 0.1) is 0 Å². The quantitative estimate of drug-likeness (QED) is 0.0756. The van der Waals surface area contributed by atoms with Gasteiger partial charge in [-0.25, -0.2) is 0 Å². The average molecular weight is 910 g/mol. The lowest BCUT2D eigenvalue weighted by atomic mass is 9.79. The van der Waals surface area contributed by atoms with Crippen LogP contribution in [0.3, 0.4) is 0 Å². The maximum atomic E-state index is 14.8. The van der Waals surface area contributed by atoms with Crippen molar-refractivity contribution in [3.8, 4) is 11.5 Å². The van der Waals surface area contributed by atoms with Gasteiger partial charge in [0.05, 0.1) is 43.6 Å². The summed E-state index contributed by atoms with van der Waals surface area (Å²) in [4.78, 5) is 56.1. The van der Waals surface area contributed by atoms with Crippen molar-refractivity contribution >= 4 is 29.4 Å². The van der Waals surface area contributed by atoms with Crippen molar-refractivity contribution in [1.29, 1.82) is 0 Å². The van der Waals surface area contributed by atoms with Crippen LogP contribution in [-0.2, 0) is 30.4 Å². The number of para-hydroxylation sites is 1. The number of ether oxygens (including phenoxy) is 5. The first kappa shape index (κ1) is 45.0. The molecule has 10 atom stereocenters. The lowest BCUT2D eigenvalue weighted by Gasteiger charge is -2.42. The summed E-state index contributed by atoms with van der Waals surface area (Å²) in [6.07, 6.45) is -2.72. The Hall–Kier alpha value is -6.20. The van der Waals surface area contributed by atoms with E-state index in [4.69, 9.17) is 35.2 Å². The summed E-state index contributed by atoms with van der Waals surface area (Å²) in [6, 6.07) is 12.6. The minimum absolute atomic E-state index is 0.0156. The number of aliphatic hydroxyl groups is 4. The van der Waals surface area contributed by atoms with Crippen LogP contribution in [0.5, 0.6) is 11.5 Å². The molecular formula is C46H51N7O13. The summed E-state index contributed by atoms with van der Waals surface area (Å²) in [7, 11) is 0. The molecule has 20 heteroatoms. The molecule has 66 heavy (non-hydrogen) atoms. The lowest BCUT2D eigenvalue weighted by molar-refractivity contribution is -0.287. The Balaban J connectivity index is 1.23. The first-order valence-corrected chi connectivity index (χ1v) is 21.6. The van der Waals surface area contributed by atoms with Gasteiger partial charge >= 0.3 is 0 Å². The number of carbonyl (C=O) groups is 4. The zero-order valence-electron chi connectivity index (χ0n) is 35.5. The molecule has 3 aromatic rings. The number of carbonyl (C=O) groups excluding carboxylic acids is 4. The normalized spacial score (nSPS) is 28.8. The van der Waals surface area contributed by atoms with E-state index in [2.05, 4.69) is 21.3 Å². The molecule has 0 unspecified atom stereocenters. The van der Waals surface area contributed by atoms with Gasteiger partial charge in [0, 0.05) is 46.8 Å². The molecule has 6 aliphatic rings. The Kier molecular flexibility index (Phi) is 12.9. The molecule has 0 radical (unpaired) electrons. The van der Waals surface area contributed by atoms with Crippen molar-refractivity contribution in [3.05, 3.63) is 123 Å². The molecule has 3 fully saturated rings. The molecule has 0 aromatic heterocycles. The maximum absolute atomic E-state index is 14.8. The number of amides is 1. The Bertz CT molecular complexity index is 2500. The number of nitrogens with two attached hydrogens (primary N) is 2. The van der Waals surface area contributed by atoms with Crippen LogP contribution in [0.4, 0.5) is 5.69 Å². The molecule has 348 valence electrons. The number of fused-ring (bicyclic) bond motifs is 6. The molecule has 3 aromatic carbocycles. The lowest BCUT2D eigenvalue weighted by Crippen LogP contribution is -2.70. The largest absolute Gasteiger partial charge is 0.499 e. The number of aldehydes is 1. The average Bonchev–Trinajstić information content (AvgIpc) is 3.73. The highest BCUT2D eigenvalue weighted by Gasteiger charge is 2.49. The van der Waals surface area contributed by atoms with E-state index in [0.717, 1.165) is 5.57 Å². The minimum atomic E-state index is -1.60. The summed E-state index contributed by atoms with van der Waals surface area (Å²) in [5.41, 5.74) is 14.6. The maximum Gasteiger partial charge on any atom is 0.242 e. The zero-order valence-corrected chi connectivity index (χ0v) is 35.5. The molecule has 5 aliphatic heterocycles. The van der Waals surface area contributed by atoms with Crippen LogP contribution in [-0.4, -0.2) is 133 Å². The third-order valence-corrected chi connectivity index (χ3v) is 12.5. The molecule has 1 amide bonds. The molecule has 1 aliphatic carbocycles. The number of nitrogens with zero attached hydrogens (tertiary/aromatic N) is 1. The monoisotopic (exact) mass is 909 g/mol. The Morgan fingerprint density at radius 1 is 1.02 bits per heavy atom. The van der Waals surface area contributed by atoms with E-state index in [-0.39, 0.29) is 71.5 Å². The predicted molar refractivity (Wildman–Crippen MR) is 233 cm³/mol. The first-order valence-electron chi connectivity index (χ1n) is 21.6. The third-order valence-electron chi connectivity index (χ3n) is 12.5. The van der Waals surface area contributed by atoms with Gasteiger partial charge in [0.1, 0.15) is 62.4 Å². The molecule has 5 heterocycles. The molecule has 9 rings (SSSR count). The number of ketones is 2. The zero-order chi connectivity index (χ0) is 46.2. The van der Waals surface area contributed by atoms with Crippen LogP contribution < -0.4 is 47.1 Å². The van der Waals surface area contributed by atoms with Crippen LogP contribution in [0.2, 0.25) is 0 Å². The van der Waals surface area contributed by atoms with E-state index in [1.165, 1.54) is 24.5 Å². The second-order valence-corrected chi connectivity index (χ2v) is 16.7. The van der Waals surface area contributed by atoms with E-state index in [0.29, 0.717) is 41.9 Å². The number of hydrogen-bond donors (Lipinski definition) is 10. The number of rotatable bonds is 12. The van der Waals surface area contributed by atoms with Crippen molar-refractivity contribution in [2.24, 2.45) is 11.5 Å². The number of benzene rings is 3. The van der Waals surface area contributed by atoms with Gasteiger partial charge in [-0.3, -0.25) is 30.8 Å². The van der Waals surface area contributed by atoms with E-state index in [1.54, 1.807) is 24.3 Å². The third kappa shape index (κ3) is 8.54. The number of aliphatic hydroxyl groups excluding tert-OH is 4. The van der Waals surface area contributed by atoms with Crippen LogP contribution >= 0.6 is 0 Å². The highest BCUT2D eigenvalue weighted by atomic mass is 16.7. The van der Waals surface area contributed by atoms with Gasteiger partial charge in [0.2, 0.25) is 12.2 Å². The Morgan fingerprint density at radius 2 is 1.85 bits per heavy atom. The minimum Gasteiger partial charge on any atom is -0.499 e. The van der Waals surface area contributed by atoms with Gasteiger partial charge in [-0.05, 0) is 59.5 Å². The molecule has 0 spiro atoms. The van der Waals surface area contributed by atoms with Gasteiger partial charge in [0.15, 0.2) is 23.1 Å². The van der Waals surface area contributed by atoms with E-state index in [9.17, 15) is 39.6 Å². The highest BCUT2D eigenvalue weighted by Crippen LogP contribution is 2.49. The second-order valence-electron chi connectivity index (χ2n) is 16.7. The van der Waals surface area contributed by atoms with Gasteiger partial charge in [0.25, 0.3) is 0 Å². The standard InChI is InChI=1S/C46H51N7O13/c47-33-16-22(7-11-49-33)9-14-63-42-39(60)38(59)32-20-62-13-10-25(26-3-1-2-4-31(26)53-21-50-35-43(53)51-46(48)52-44(35)61)29-17-30-34(37(58)28-15-23(18-55)5-6-27(28)36(30)57)41(40(29)66-45(42)65-32)64-19-24(56)8-12-54/h1-7,10,12-13,15-17,24-25,32,35,38-39,42-43,45-46,49-51,55-56,59-60H,8-9,11,14,18-21,47-48H2,(H,52,61)/b13-10+/t24-,25+,32+,35-,38+,39-,42+,43-,45-,46-/m1/s1. The van der Waals surface area contributed by atoms with Gasteiger partial charge in [-0.15, -0.1) is 0 Å². The molecule has 12 N–H and O–H groups in total. The summed E-state index contributed by atoms with van der Waals surface area (Å²) >= 11 is 0. The number of hydrogen-bond acceptors (Lipinski definition) is 19. The fraction of sp³-hybridized carbons (Fsp3) is 0.391. The van der Waals surface area contributed by atoms with Crippen LogP contribution in [0.25, 0.3) is 0 Å². The van der Waals surface area contributed by atoms with Gasteiger partial charge in [-0.1, -0.05) is 30.3 Å². The van der Waals surface area contributed by atoms with E-state index in [1.807, 2.05) is 29.2 Å². The van der Waals surface area contributed by atoms with Crippen molar-refractivity contribution in [1.82, 2.24) is 21.3 Å². The molecule has 20 nitrogen and oxygen atoms in total. The first-order chi connectivity index (χ1) is 31.9. The smallest absolute Gasteiger partial charge is 0.242 e. The fourth-order valence-corrected chi connectivity index (χ4v) is 9.18. The van der Waals surface area contributed by atoms with Crippen molar-refractivity contribution in [2.75, 3.05) is 37.9 Å². The molecule has 0 saturated carbocycles. The van der Waals surface area contributed by atoms with Crippen molar-refractivity contribution < 1.29 is 63.3 Å². The highest BCUT2D eigenvalue weighted by molar-refractivity contribution is 6.29. The number of allylic oxidation sites excluding steroid dienone is 2. The van der Waals surface area contributed by atoms with Crippen molar-refractivity contribution in [2.45, 2.75) is 80.7 Å². The molecular weight excluding hydrogens is 859 g/mol. The van der Waals surface area contributed by atoms with E-state index >= 15 is 0 Å². The predicted octanol–water partition coefficient (Wildman–Crippen LogP) is -1.09. The number of dihydropyridines is 1. The Labute approximate surface area is 378 Å². The topological polar surface area (TPSA) is 299 Å². The summed E-state index contributed by atoms with van der Waals surface area (Å²) in [6.45, 7) is -0.482. The summed E-state index contributed by atoms with van der Waals surface area (Å²) < 4.78 is 31.9. The van der Waals surface area contributed by atoms with Crippen LogP contribution in [0.1, 0.15) is 67.3 Å². The van der Waals surface area contributed by atoms with E-state index < -0.39 is 86.0 Å². The number of nitrogens with one attached hydrogen (secondary N) is 4. The summed E-state index contributed by atoms with van der Waals surface area (Å²) in [5.74, 6) is -2.41. The van der Waals surface area contributed by atoms with Gasteiger partial charge in [-0.2, -0.15) is 0 Å². The van der Waals surface area contributed by atoms with Crippen molar-refractivity contribution in [3.63, 3.8) is 0 Å². The summed E-state index contributed by atoms with van der Waals surface area (Å²) in [5, 5.41) is 56.2. The van der Waals surface area contributed by atoms with Crippen LogP contribution in [0.15, 0.2) is 84.4 Å². The SMILES string of the molecule is NC1=CC(CCO[C@@H]2[C@H]3Oc4c(cc5c(c4OC[C@H](O)CC=O)C(=O)c4cc(CO)ccc4C5=O)[C@H](c4ccccc4N4CN[C@H]5C(=O)N[C@H](N)N[C@@H]54)/C=C/OC[C@H](O3)[C@H](O)[C@H]2O)=CCN1. The second kappa shape index (κ2) is 19.0. The Morgan fingerprint density at radius 3 is 2.65 bits per heavy atom. The fourth-order valence-electron chi connectivity index (χ4n) is 9.18. The van der Waals surface area contributed by atoms with Gasteiger partial charge < -0.3 is 70.2 Å².